The Morgan fingerprint density at radius 1 is 1.30 bits per heavy atom. The molecule has 3 rings (SSSR count). The monoisotopic (exact) mass is 435 g/mol. The fourth-order valence-electron chi connectivity index (χ4n) is 2.99. The molecule has 0 radical (unpaired) electrons. The van der Waals surface area contributed by atoms with Gasteiger partial charge in [-0.3, -0.25) is 9.79 Å². The molecule has 0 atom stereocenters. The molecule has 0 bridgehead atoms. The summed E-state index contributed by atoms with van der Waals surface area (Å²) in [5, 5.41) is 2.84. The summed E-state index contributed by atoms with van der Waals surface area (Å²) in [5.74, 6) is -1.71. The van der Waals surface area contributed by atoms with Crippen molar-refractivity contribution >= 4 is 33.2 Å². The van der Waals surface area contributed by atoms with Gasteiger partial charge in [-0.25, -0.2) is 8.78 Å². The number of rotatable bonds is 6. The summed E-state index contributed by atoms with van der Waals surface area (Å²) in [7, 11) is 3.87. The van der Waals surface area contributed by atoms with E-state index in [-0.39, 0.29) is 23.5 Å². The van der Waals surface area contributed by atoms with E-state index in [9.17, 15) is 13.6 Å². The van der Waals surface area contributed by atoms with Crippen molar-refractivity contribution in [3.63, 3.8) is 0 Å². The molecule has 0 aliphatic carbocycles. The predicted octanol–water partition coefficient (Wildman–Crippen LogP) is 4.08. The van der Waals surface area contributed by atoms with Crippen LogP contribution in [0.5, 0.6) is 0 Å². The molecule has 2 aromatic rings. The maximum Gasteiger partial charge on any atom is 0.182 e. The van der Waals surface area contributed by atoms with Crippen molar-refractivity contribution in [2.75, 3.05) is 32.5 Å². The Morgan fingerprint density at radius 2 is 2.07 bits per heavy atom. The van der Waals surface area contributed by atoms with Crippen molar-refractivity contribution < 1.29 is 13.6 Å². The van der Waals surface area contributed by atoms with Crippen LogP contribution in [0.1, 0.15) is 21.5 Å². The van der Waals surface area contributed by atoms with Crippen LogP contribution in [0, 0.1) is 11.6 Å². The normalized spacial score (nSPS) is 14.5. The van der Waals surface area contributed by atoms with Crippen LogP contribution in [-0.4, -0.2) is 43.7 Å². The third kappa shape index (κ3) is 4.59. The van der Waals surface area contributed by atoms with Gasteiger partial charge in [0, 0.05) is 29.4 Å². The summed E-state index contributed by atoms with van der Waals surface area (Å²) >= 11 is 3.37. The number of ketones is 1. The van der Waals surface area contributed by atoms with Gasteiger partial charge in [-0.2, -0.15) is 0 Å². The van der Waals surface area contributed by atoms with Crippen molar-refractivity contribution in [2.45, 2.75) is 12.8 Å². The highest BCUT2D eigenvalue weighted by Crippen LogP contribution is 2.32. The lowest BCUT2D eigenvalue weighted by Gasteiger charge is -2.09. The van der Waals surface area contributed by atoms with Crippen LogP contribution in [0.4, 0.5) is 14.5 Å². The highest BCUT2D eigenvalue weighted by Gasteiger charge is 2.28. The van der Waals surface area contributed by atoms with Gasteiger partial charge in [0.1, 0.15) is 5.84 Å². The Labute approximate surface area is 165 Å². The summed E-state index contributed by atoms with van der Waals surface area (Å²) in [4.78, 5) is 19.2. The van der Waals surface area contributed by atoms with Crippen molar-refractivity contribution in [3.05, 3.63) is 63.1 Å². The number of carbonyl (C=O) groups is 1. The van der Waals surface area contributed by atoms with Crippen molar-refractivity contribution in [1.82, 2.24) is 4.90 Å². The first-order valence-electron chi connectivity index (χ1n) is 8.58. The summed E-state index contributed by atoms with van der Waals surface area (Å²) < 4.78 is 29.2. The number of anilines is 1. The molecule has 0 fully saturated rings. The van der Waals surface area contributed by atoms with Gasteiger partial charge in [0.2, 0.25) is 0 Å². The zero-order chi connectivity index (χ0) is 19.6. The van der Waals surface area contributed by atoms with Crippen molar-refractivity contribution in [3.8, 4) is 0 Å². The average Bonchev–Trinajstić information content (AvgIpc) is 3.02. The number of hydrogen-bond donors (Lipinski definition) is 1. The van der Waals surface area contributed by atoms with E-state index in [4.69, 9.17) is 0 Å². The molecule has 0 unspecified atom stereocenters. The van der Waals surface area contributed by atoms with E-state index in [1.54, 1.807) is 0 Å². The molecule has 0 aromatic heterocycles. The molecule has 0 saturated carbocycles. The van der Waals surface area contributed by atoms with E-state index in [0.717, 1.165) is 22.6 Å². The highest BCUT2D eigenvalue weighted by atomic mass is 79.9. The average molecular weight is 436 g/mol. The Hall–Kier alpha value is -2.12. The quantitative estimate of drug-likeness (QED) is 0.695. The first-order valence-corrected chi connectivity index (χ1v) is 9.38. The number of nitrogens with one attached hydrogen (secondary N) is 1. The first kappa shape index (κ1) is 19.6. The van der Waals surface area contributed by atoms with E-state index >= 15 is 0 Å². The van der Waals surface area contributed by atoms with Crippen LogP contribution < -0.4 is 5.32 Å². The second-order valence-corrected chi connectivity index (χ2v) is 7.65. The number of amidine groups is 1. The van der Waals surface area contributed by atoms with Gasteiger partial charge in [0.15, 0.2) is 17.4 Å². The van der Waals surface area contributed by atoms with Crippen LogP contribution in [-0.2, 0) is 12.8 Å². The van der Waals surface area contributed by atoms with E-state index in [1.165, 1.54) is 0 Å². The van der Waals surface area contributed by atoms with Gasteiger partial charge in [-0.15, -0.1) is 0 Å². The fraction of sp³-hybridized carbons (Fsp3) is 0.300. The van der Waals surface area contributed by atoms with E-state index in [1.807, 2.05) is 43.3 Å². The molecule has 0 saturated heterocycles. The predicted molar refractivity (Wildman–Crippen MR) is 107 cm³/mol. The minimum absolute atomic E-state index is 0.0243. The maximum atomic E-state index is 14.2. The second-order valence-electron chi connectivity index (χ2n) is 6.74. The third-order valence-electron chi connectivity index (χ3n) is 4.34. The van der Waals surface area contributed by atoms with E-state index in [2.05, 4.69) is 26.2 Å². The van der Waals surface area contributed by atoms with E-state index in [0.29, 0.717) is 24.4 Å². The number of benzene rings is 2. The highest BCUT2D eigenvalue weighted by molar-refractivity contribution is 9.10. The number of likely N-dealkylation sites (N-methyl/N-ethyl adjacent to an activating group) is 1. The summed E-state index contributed by atoms with van der Waals surface area (Å²) in [6.07, 6.45) is 0.406. The first-order chi connectivity index (χ1) is 12.8. The zero-order valence-electron chi connectivity index (χ0n) is 15.2. The van der Waals surface area contributed by atoms with Crippen LogP contribution in [0.2, 0.25) is 0 Å². The molecule has 1 aliphatic rings. The Kier molecular flexibility index (Phi) is 6.01. The lowest BCUT2D eigenvalue weighted by atomic mass is 9.96. The standard InChI is InChI=1S/C20H20BrF2N3O/c1-26(2)7-6-24-18-11-15-14(10-16(22)19(23)20(15)25-18)17(27)9-12-4-3-5-13(21)8-12/h3-5,8,10H,6-7,9,11H2,1-2H3,(H,24,25). The molecule has 0 amide bonds. The largest absolute Gasteiger partial charge is 0.341 e. The van der Waals surface area contributed by atoms with Crippen molar-refractivity contribution in [2.24, 2.45) is 4.99 Å². The van der Waals surface area contributed by atoms with Crippen LogP contribution in [0.15, 0.2) is 39.8 Å². The lowest BCUT2D eigenvalue weighted by Crippen LogP contribution is -2.17. The molecule has 4 nitrogen and oxygen atoms in total. The van der Waals surface area contributed by atoms with Gasteiger partial charge in [0.25, 0.3) is 0 Å². The van der Waals surface area contributed by atoms with Gasteiger partial charge in [-0.1, -0.05) is 28.1 Å². The molecule has 1 heterocycles. The molecule has 2 aromatic carbocycles. The number of halogens is 3. The Morgan fingerprint density at radius 3 is 2.78 bits per heavy atom. The molecular formula is C20H20BrF2N3O. The smallest absolute Gasteiger partial charge is 0.182 e. The minimum atomic E-state index is -1.03. The third-order valence-corrected chi connectivity index (χ3v) is 4.84. The number of hydrogen-bond acceptors (Lipinski definition) is 3. The fourth-order valence-corrected chi connectivity index (χ4v) is 3.44. The summed E-state index contributed by atoms with van der Waals surface area (Å²) in [6.45, 7) is 1.28. The number of nitrogens with zero attached hydrogens (tertiary/aromatic N) is 2. The SMILES string of the molecule is CN(C)CCN=C1Cc2c(C(=O)Cc3cccc(Br)c3)cc(F)c(F)c2N1. The van der Waals surface area contributed by atoms with Gasteiger partial charge >= 0.3 is 0 Å². The summed E-state index contributed by atoms with van der Waals surface area (Å²) in [6, 6.07) is 8.36. The van der Waals surface area contributed by atoms with Crippen molar-refractivity contribution in [1.29, 1.82) is 0 Å². The topological polar surface area (TPSA) is 44.7 Å². The Balaban J connectivity index is 1.87. The zero-order valence-corrected chi connectivity index (χ0v) is 16.7. The lowest BCUT2D eigenvalue weighted by molar-refractivity contribution is 0.0992. The van der Waals surface area contributed by atoms with E-state index < -0.39 is 11.6 Å². The summed E-state index contributed by atoms with van der Waals surface area (Å²) in [5.41, 5.74) is 1.50. The molecule has 27 heavy (non-hydrogen) atoms. The second kappa shape index (κ2) is 8.27. The molecule has 7 heteroatoms. The van der Waals surface area contributed by atoms with Gasteiger partial charge in [0.05, 0.1) is 12.2 Å². The van der Waals surface area contributed by atoms with Crippen LogP contribution in [0.25, 0.3) is 0 Å². The molecule has 0 spiro atoms. The van der Waals surface area contributed by atoms with Gasteiger partial charge in [-0.05, 0) is 43.4 Å². The maximum absolute atomic E-state index is 14.2. The number of Topliss-reactive ketones (excluding diaryl/α,β-unsaturated/α-hetero) is 1. The van der Waals surface area contributed by atoms with Gasteiger partial charge < -0.3 is 10.2 Å². The molecule has 142 valence electrons. The van der Waals surface area contributed by atoms with Crippen LogP contribution in [0.3, 0.4) is 0 Å². The molecule has 1 N–H and O–H groups in total. The Bertz CT molecular complexity index is 912. The number of carbonyl (C=O) groups excluding carboxylic acids is 1. The minimum Gasteiger partial charge on any atom is -0.341 e. The van der Waals surface area contributed by atoms with Crippen LogP contribution >= 0.6 is 15.9 Å². The number of fused-ring (bicyclic) bond motifs is 1. The molecular weight excluding hydrogens is 416 g/mol. The molecule has 1 aliphatic heterocycles. The number of aliphatic imine (C=N–C) groups is 1.